The van der Waals surface area contributed by atoms with Crippen LogP contribution in [0.3, 0.4) is 0 Å². The van der Waals surface area contributed by atoms with Crippen LogP contribution in [-0.2, 0) is 14.3 Å². The Morgan fingerprint density at radius 2 is 1.94 bits per heavy atom. The van der Waals surface area contributed by atoms with Crippen LogP contribution in [0.4, 0.5) is 4.79 Å². The van der Waals surface area contributed by atoms with Gasteiger partial charge in [-0.2, -0.15) is 0 Å². The zero-order chi connectivity index (χ0) is 13.9. The molecule has 1 heterocycles. The number of esters is 1. The van der Waals surface area contributed by atoms with Gasteiger partial charge in [-0.15, -0.1) is 0 Å². The summed E-state index contributed by atoms with van der Waals surface area (Å²) in [6.45, 7) is 6.03. The fourth-order valence-corrected chi connectivity index (χ4v) is 1.82. The Hall–Kier alpha value is -1.30. The third-order valence-electron chi connectivity index (χ3n) is 2.82. The second-order valence-electron chi connectivity index (χ2n) is 5.46. The number of nitrogens with one attached hydrogen (secondary N) is 1. The first-order chi connectivity index (χ1) is 8.24. The highest BCUT2D eigenvalue weighted by Gasteiger charge is 2.35. The molecule has 0 aromatic carbocycles. The quantitative estimate of drug-likeness (QED) is 0.740. The Bertz CT molecular complexity index is 325. The summed E-state index contributed by atoms with van der Waals surface area (Å²) < 4.78 is 9.94. The van der Waals surface area contributed by atoms with Gasteiger partial charge in [0.2, 0.25) is 0 Å². The smallest absolute Gasteiger partial charge is 0.410 e. The van der Waals surface area contributed by atoms with E-state index in [0.29, 0.717) is 13.0 Å². The van der Waals surface area contributed by atoms with Crippen LogP contribution in [0.15, 0.2) is 0 Å². The third-order valence-corrected chi connectivity index (χ3v) is 2.82. The molecule has 1 aliphatic heterocycles. The molecule has 0 radical (unpaired) electrons. The van der Waals surface area contributed by atoms with Crippen molar-refractivity contribution in [3.8, 4) is 0 Å². The lowest BCUT2D eigenvalue weighted by atomic mass is 10.1. The highest BCUT2D eigenvalue weighted by Crippen LogP contribution is 2.16. The molecule has 0 unspecified atom stereocenters. The largest absolute Gasteiger partial charge is 0.468 e. The molecule has 0 spiro atoms. The van der Waals surface area contributed by atoms with Crippen molar-refractivity contribution in [2.24, 2.45) is 0 Å². The van der Waals surface area contributed by atoms with Crippen LogP contribution in [-0.4, -0.2) is 55.3 Å². The van der Waals surface area contributed by atoms with Gasteiger partial charge in [-0.05, 0) is 27.2 Å². The molecule has 0 saturated carbocycles. The average molecular weight is 258 g/mol. The number of amides is 1. The Balaban J connectivity index is 2.52. The van der Waals surface area contributed by atoms with Crippen molar-refractivity contribution in [1.82, 2.24) is 10.2 Å². The minimum atomic E-state index is -0.515. The molecule has 0 aliphatic carbocycles. The highest BCUT2D eigenvalue weighted by molar-refractivity contribution is 5.76. The topological polar surface area (TPSA) is 67.9 Å². The number of hydrogen-bond acceptors (Lipinski definition) is 5. The Morgan fingerprint density at radius 1 is 1.33 bits per heavy atom. The fraction of sp³-hybridized carbons (Fsp3) is 0.833. The second kappa shape index (κ2) is 5.56. The minimum Gasteiger partial charge on any atom is -0.468 e. The molecule has 1 amide bonds. The van der Waals surface area contributed by atoms with Crippen molar-refractivity contribution in [3.63, 3.8) is 0 Å². The van der Waals surface area contributed by atoms with Crippen molar-refractivity contribution in [2.75, 3.05) is 20.7 Å². The zero-order valence-electron chi connectivity index (χ0n) is 11.6. The number of carbonyl (C=O) groups excluding carboxylic acids is 2. The highest BCUT2D eigenvalue weighted by atomic mass is 16.6. The van der Waals surface area contributed by atoms with Crippen LogP contribution in [0, 0.1) is 0 Å². The van der Waals surface area contributed by atoms with E-state index in [-0.39, 0.29) is 24.1 Å². The summed E-state index contributed by atoms with van der Waals surface area (Å²) in [5.74, 6) is -0.296. The molecule has 2 atom stereocenters. The predicted molar refractivity (Wildman–Crippen MR) is 66.2 cm³/mol. The molecule has 0 aromatic rings. The predicted octanol–water partition coefficient (Wildman–Crippen LogP) is 0.757. The number of carbonyl (C=O) groups is 2. The summed E-state index contributed by atoms with van der Waals surface area (Å²) in [6, 6.07) is -0.395. The molecule has 1 rings (SSSR count). The maximum absolute atomic E-state index is 11.9. The molecule has 6 nitrogen and oxygen atoms in total. The summed E-state index contributed by atoms with van der Waals surface area (Å²) in [4.78, 5) is 24.7. The average Bonchev–Trinajstić information content (AvgIpc) is 2.73. The van der Waals surface area contributed by atoms with Gasteiger partial charge in [0.15, 0.2) is 0 Å². The first-order valence-corrected chi connectivity index (χ1v) is 6.01. The lowest BCUT2D eigenvalue weighted by Crippen LogP contribution is -2.41. The van der Waals surface area contributed by atoms with E-state index < -0.39 is 5.60 Å². The SMILES string of the molecule is COC(=O)[C@H]1C[C@@H](N(C)C(=O)OC(C)(C)C)CN1. The molecular weight excluding hydrogens is 236 g/mol. The van der Waals surface area contributed by atoms with Crippen LogP contribution < -0.4 is 5.32 Å². The molecule has 104 valence electrons. The molecule has 0 bridgehead atoms. The lowest BCUT2D eigenvalue weighted by Gasteiger charge is -2.28. The van der Waals surface area contributed by atoms with Crippen molar-refractivity contribution >= 4 is 12.1 Å². The van der Waals surface area contributed by atoms with Crippen molar-refractivity contribution in [3.05, 3.63) is 0 Å². The summed E-state index contributed by atoms with van der Waals surface area (Å²) in [5.41, 5.74) is -0.515. The minimum absolute atomic E-state index is 0.0519. The number of nitrogens with zero attached hydrogens (tertiary/aromatic N) is 1. The van der Waals surface area contributed by atoms with Gasteiger partial charge in [0, 0.05) is 19.6 Å². The van der Waals surface area contributed by atoms with Crippen molar-refractivity contribution in [1.29, 1.82) is 0 Å². The monoisotopic (exact) mass is 258 g/mol. The zero-order valence-corrected chi connectivity index (χ0v) is 11.6. The van der Waals surface area contributed by atoms with Gasteiger partial charge in [-0.25, -0.2) is 4.79 Å². The maximum Gasteiger partial charge on any atom is 0.410 e. The Morgan fingerprint density at radius 3 is 2.44 bits per heavy atom. The number of hydrogen-bond donors (Lipinski definition) is 1. The van der Waals surface area contributed by atoms with E-state index in [1.165, 1.54) is 12.0 Å². The molecule has 18 heavy (non-hydrogen) atoms. The molecule has 6 heteroatoms. The van der Waals surface area contributed by atoms with Crippen LogP contribution in [0.25, 0.3) is 0 Å². The van der Waals surface area contributed by atoms with E-state index in [1.54, 1.807) is 7.05 Å². The molecule has 1 N–H and O–H groups in total. The van der Waals surface area contributed by atoms with Crippen LogP contribution in [0.2, 0.25) is 0 Å². The lowest BCUT2D eigenvalue weighted by molar-refractivity contribution is -0.142. The maximum atomic E-state index is 11.9. The van der Waals surface area contributed by atoms with Gasteiger partial charge in [-0.3, -0.25) is 4.79 Å². The van der Waals surface area contributed by atoms with E-state index in [0.717, 1.165) is 0 Å². The summed E-state index contributed by atoms with van der Waals surface area (Å²) >= 11 is 0. The number of methoxy groups -OCH3 is 1. The summed E-state index contributed by atoms with van der Waals surface area (Å²) in [5, 5.41) is 3.03. The van der Waals surface area contributed by atoms with E-state index in [1.807, 2.05) is 20.8 Å². The number of likely N-dealkylation sites (N-methyl/N-ethyl adjacent to an activating group) is 1. The molecule has 1 aliphatic rings. The molecular formula is C12H22N2O4. The van der Waals surface area contributed by atoms with E-state index in [2.05, 4.69) is 10.1 Å². The third kappa shape index (κ3) is 3.87. The normalized spacial score (nSPS) is 23.6. The van der Waals surface area contributed by atoms with Gasteiger partial charge in [0.1, 0.15) is 11.6 Å². The van der Waals surface area contributed by atoms with Crippen LogP contribution in [0.5, 0.6) is 0 Å². The molecule has 0 aromatic heterocycles. The first-order valence-electron chi connectivity index (χ1n) is 6.01. The van der Waals surface area contributed by atoms with Gasteiger partial charge >= 0.3 is 12.1 Å². The van der Waals surface area contributed by atoms with E-state index in [9.17, 15) is 9.59 Å². The van der Waals surface area contributed by atoms with Crippen LogP contribution >= 0.6 is 0 Å². The van der Waals surface area contributed by atoms with E-state index >= 15 is 0 Å². The van der Waals surface area contributed by atoms with Gasteiger partial charge in [-0.1, -0.05) is 0 Å². The van der Waals surface area contributed by atoms with E-state index in [4.69, 9.17) is 4.74 Å². The number of ether oxygens (including phenoxy) is 2. The summed E-state index contributed by atoms with van der Waals surface area (Å²) in [7, 11) is 3.04. The van der Waals surface area contributed by atoms with Crippen molar-refractivity contribution < 1.29 is 19.1 Å². The van der Waals surface area contributed by atoms with Crippen LogP contribution in [0.1, 0.15) is 27.2 Å². The van der Waals surface area contributed by atoms with Gasteiger partial charge in [0.25, 0.3) is 0 Å². The number of rotatable bonds is 2. The van der Waals surface area contributed by atoms with Gasteiger partial charge < -0.3 is 19.7 Å². The summed E-state index contributed by atoms with van der Waals surface area (Å²) in [6.07, 6.45) is 0.169. The molecule has 1 saturated heterocycles. The molecule has 1 fully saturated rings. The van der Waals surface area contributed by atoms with Gasteiger partial charge in [0.05, 0.1) is 7.11 Å². The Labute approximate surface area is 108 Å². The Kier molecular flexibility index (Phi) is 4.56. The standard InChI is InChI=1S/C12H22N2O4/c1-12(2,3)18-11(16)14(4)8-6-9(13-7-8)10(15)17-5/h8-9,13H,6-7H2,1-5H3/t8-,9-/m1/s1. The first kappa shape index (κ1) is 14.8. The second-order valence-corrected chi connectivity index (χ2v) is 5.46. The fourth-order valence-electron chi connectivity index (χ4n) is 1.82. The van der Waals surface area contributed by atoms with Crippen molar-refractivity contribution in [2.45, 2.75) is 44.9 Å².